The Hall–Kier alpha value is -3.12. The summed E-state index contributed by atoms with van der Waals surface area (Å²) in [7, 11) is 1.66. The fourth-order valence-corrected chi connectivity index (χ4v) is 3.25. The minimum absolute atomic E-state index is 0.752. The average molecular weight is 348 g/mol. The molecule has 2 aromatic heterocycles. The molecule has 0 atom stereocenters. The van der Waals surface area contributed by atoms with Crippen molar-refractivity contribution in [3.8, 4) is 17.0 Å². The maximum absolute atomic E-state index is 5.18. The summed E-state index contributed by atoms with van der Waals surface area (Å²) in [5.41, 5.74) is 7.09. The van der Waals surface area contributed by atoms with Gasteiger partial charge < -0.3 is 9.72 Å². The number of rotatable bonds is 5. The van der Waals surface area contributed by atoms with Crippen LogP contribution in [-0.4, -0.2) is 23.3 Å². The topological polar surface area (TPSA) is 62.3 Å². The summed E-state index contributed by atoms with van der Waals surface area (Å²) < 4.78 is 5.18. The van der Waals surface area contributed by atoms with E-state index in [9.17, 15) is 0 Å². The third-order valence-electron chi connectivity index (χ3n) is 3.88. The Morgan fingerprint density at radius 3 is 2.84 bits per heavy atom. The van der Waals surface area contributed by atoms with Gasteiger partial charge in [-0.05, 0) is 30.3 Å². The molecule has 0 amide bonds. The standard InChI is InChI=1S/C19H16N4OS/c1-24-15-8-6-13(7-9-15)18-12-25-19(22-18)23-21-11-14-10-20-17-5-3-2-4-16(14)17/h2-12,20H,1H3,(H,22,23)/b21-11+. The van der Waals surface area contributed by atoms with Gasteiger partial charge in [0.1, 0.15) is 5.75 Å². The third-order valence-corrected chi connectivity index (χ3v) is 4.62. The van der Waals surface area contributed by atoms with Crippen LogP contribution >= 0.6 is 11.3 Å². The largest absolute Gasteiger partial charge is 0.497 e. The normalized spacial score (nSPS) is 11.2. The van der Waals surface area contributed by atoms with Gasteiger partial charge in [0.05, 0.1) is 19.0 Å². The fraction of sp³-hybridized carbons (Fsp3) is 0.0526. The van der Waals surface area contributed by atoms with E-state index in [-0.39, 0.29) is 0 Å². The number of aromatic nitrogens is 2. The van der Waals surface area contributed by atoms with E-state index in [0.717, 1.165) is 38.6 Å². The summed E-state index contributed by atoms with van der Waals surface area (Å²) in [4.78, 5) is 7.79. The second-order valence-electron chi connectivity index (χ2n) is 5.43. The molecule has 0 saturated heterocycles. The van der Waals surface area contributed by atoms with Crippen molar-refractivity contribution >= 4 is 33.6 Å². The van der Waals surface area contributed by atoms with Gasteiger partial charge in [0.15, 0.2) is 0 Å². The predicted octanol–water partition coefficient (Wildman–Crippen LogP) is 4.75. The molecule has 25 heavy (non-hydrogen) atoms. The third kappa shape index (κ3) is 3.25. The SMILES string of the molecule is COc1ccc(-c2csc(N/N=C/c3c[nH]c4ccccc34)n2)cc1. The molecule has 4 aromatic rings. The molecule has 4 rings (SSSR count). The van der Waals surface area contributed by atoms with Crippen molar-refractivity contribution in [3.05, 3.63) is 65.7 Å². The summed E-state index contributed by atoms with van der Waals surface area (Å²) >= 11 is 1.52. The van der Waals surface area contributed by atoms with Gasteiger partial charge >= 0.3 is 0 Å². The molecule has 5 nitrogen and oxygen atoms in total. The number of H-pyrrole nitrogens is 1. The summed E-state index contributed by atoms with van der Waals surface area (Å²) in [6.07, 6.45) is 3.74. The molecule has 2 aromatic carbocycles. The highest BCUT2D eigenvalue weighted by molar-refractivity contribution is 7.14. The zero-order valence-electron chi connectivity index (χ0n) is 13.6. The maximum Gasteiger partial charge on any atom is 0.203 e. The monoisotopic (exact) mass is 348 g/mol. The summed E-state index contributed by atoms with van der Waals surface area (Å²) in [6, 6.07) is 16.0. The van der Waals surface area contributed by atoms with Gasteiger partial charge in [0.25, 0.3) is 0 Å². The number of nitrogens with zero attached hydrogens (tertiary/aromatic N) is 2. The number of aromatic amines is 1. The van der Waals surface area contributed by atoms with Crippen LogP contribution in [0.15, 0.2) is 65.2 Å². The number of hydrogen-bond acceptors (Lipinski definition) is 5. The lowest BCUT2D eigenvalue weighted by Crippen LogP contribution is -1.89. The molecular weight excluding hydrogens is 332 g/mol. The van der Waals surface area contributed by atoms with Crippen molar-refractivity contribution in [2.75, 3.05) is 12.5 Å². The lowest BCUT2D eigenvalue weighted by molar-refractivity contribution is 0.415. The van der Waals surface area contributed by atoms with Gasteiger partial charge in [-0.2, -0.15) is 5.10 Å². The van der Waals surface area contributed by atoms with Gasteiger partial charge in [0.2, 0.25) is 5.13 Å². The van der Waals surface area contributed by atoms with Gasteiger partial charge in [0, 0.05) is 33.6 Å². The van der Waals surface area contributed by atoms with Crippen molar-refractivity contribution in [3.63, 3.8) is 0 Å². The van der Waals surface area contributed by atoms with Crippen LogP contribution in [0.5, 0.6) is 5.75 Å². The minimum atomic E-state index is 0.752. The van der Waals surface area contributed by atoms with E-state index in [1.807, 2.05) is 54.0 Å². The number of benzene rings is 2. The van der Waals surface area contributed by atoms with Crippen LogP contribution in [-0.2, 0) is 0 Å². The molecule has 0 spiro atoms. The van der Waals surface area contributed by atoms with Crippen LogP contribution < -0.4 is 10.2 Å². The Bertz CT molecular complexity index is 1020. The number of thiazole rings is 1. The molecule has 0 aliphatic heterocycles. The zero-order valence-corrected chi connectivity index (χ0v) is 14.4. The predicted molar refractivity (Wildman–Crippen MR) is 104 cm³/mol. The first-order chi connectivity index (χ1) is 12.3. The second-order valence-corrected chi connectivity index (χ2v) is 6.28. The van der Waals surface area contributed by atoms with Crippen LogP contribution in [0, 0.1) is 0 Å². The number of anilines is 1. The highest BCUT2D eigenvalue weighted by atomic mass is 32.1. The lowest BCUT2D eigenvalue weighted by Gasteiger charge is -2.00. The number of ether oxygens (including phenoxy) is 1. The first-order valence-corrected chi connectivity index (χ1v) is 8.66. The fourth-order valence-electron chi connectivity index (χ4n) is 2.58. The Balaban J connectivity index is 1.47. The Labute approximate surface area is 149 Å². The van der Waals surface area contributed by atoms with Crippen LogP contribution in [0.2, 0.25) is 0 Å². The van der Waals surface area contributed by atoms with E-state index in [1.165, 1.54) is 11.3 Å². The van der Waals surface area contributed by atoms with Crippen molar-refractivity contribution in [1.29, 1.82) is 0 Å². The van der Waals surface area contributed by atoms with Crippen LogP contribution in [0.25, 0.3) is 22.2 Å². The average Bonchev–Trinajstić information content (AvgIpc) is 3.30. The molecule has 124 valence electrons. The Morgan fingerprint density at radius 1 is 1.16 bits per heavy atom. The molecule has 0 saturated carbocycles. The molecule has 0 aliphatic carbocycles. The number of fused-ring (bicyclic) bond motifs is 1. The molecular formula is C19H16N4OS. The van der Waals surface area contributed by atoms with E-state index in [4.69, 9.17) is 4.74 Å². The van der Waals surface area contributed by atoms with Crippen LogP contribution in [0.1, 0.15) is 5.56 Å². The number of hydrogen-bond donors (Lipinski definition) is 2. The van der Waals surface area contributed by atoms with E-state index >= 15 is 0 Å². The van der Waals surface area contributed by atoms with Crippen molar-refractivity contribution < 1.29 is 4.74 Å². The summed E-state index contributed by atoms with van der Waals surface area (Å²) in [6.45, 7) is 0. The number of hydrazone groups is 1. The maximum atomic E-state index is 5.18. The molecule has 0 aliphatic rings. The molecule has 0 fully saturated rings. The van der Waals surface area contributed by atoms with Gasteiger partial charge in [-0.1, -0.05) is 18.2 Å². The summed E-state index contributed by atoms with van der Waals surface area (Å²) in [5, 5.41) is 8.20. The van der Waals surface area contributed by atoms with Crippen LogP contribution in [0.3, 0.4) is 0 Å². The van der Waals surface area contributed by atoms with Crippen molar-refractivity contribution in [2.45, 2.75) is 0 Å². The molecule has 0 bridgehead atoms. The molecule has 2 N–H and O–H groups in total. The zero-order chi connectivity index (χ0) is 17.1. The quantitative estimate of drug-likeness (QED) is 0.404. The van der Waals surface area contributed by atoms with E-state index in [1.54, 1.807) is 13.3 Å². The second kappa shape index (κ2) is 6.78. The highest BCUT2D eigenvalue weighted by Crippen LogP contribution is 2.26. The van der Waals surface area contributed by atoms with E-state index in [2.05, 4.69) is 26.6 Å². The van der Waals surface area contributed by atoms with Crippen molar-refractivity contribution in [2.24, 2.45) is 5.10 Å². The Morgan fingerprint density at radius 2 is 2.00 bits per heavy atom. The van der Waals surface area contributed by atoms with Gasteiger partial charge in [-0.25, -0.2) is 4.98 Å². The van der Waals surface area contributed by atoms with Crippen molar-refractivity contribution in [1.82, 2.24) is 9.97 Å². The number of nitrogens with one attached hydrogen (secondary N) is 2. The highest BCUT2D eigenvalue weighted by Gasteiger charge is 2.04. The molecule has 6 heteroatoms. The first-order valence-electron chi connectivity index (χ1n) is 7.78. The minimum Gasteiger partial charge on any atom is -0.497 e. The van der Waals surface area contributed by atoms with Gasteiger partial charge in [-0.15, -0.1) is 11.3 Å². The lowest BCUT2D eigenvalue weighted by atomic mass is 10.2. The molecule has 0 unspecified atom stereocenters. The smallest absolute Gasteiger partial charge is 0.203 e. The molecule has 2 heterocycles. The number of para-hydroxylation sites is 1. The van der Waals surface area contributed by atoms with Crippen LogP contribution in [0.4, 0.5) is 5.13 Å². The Kier molecular flexibility index (Phi) is 4.18. The van der Waals surface area contributed by atoms with E-state index < -0.39 is 0 Å². The summed E-state index contributed by atoms with van der Waals surface area (Å²) in [5.74, 6) is 0.834. The van der Waals surface area contributed by atoms with E-state index in [0.29, 0.717) is 0 Å². The molecule has 0 radical (unpaired) electrons. The van der Waals surface area contributed by atoms with Gasteiger partial charge in [-0.3, -0.25) is 5.43 Å². The first kappa shape index (κ1) is 15.4. The number of methoxy groups -OCH3 is 1.